The maximum absolute atomic E-state index is 13.9. The topological polar surface area (TPSA) is 107 Å². The van der Waals surface area contributed by atoms with Crippen LogP contribution in [-0.4, -0.2) is 41.8 Å². The van der Waals surface area contributed by atoms with E-state index in [1.807, 2.05) is 0 Å². The molecule has 9 nitrogen and oxygen atoms in total. The van der Waals surface area contributed by atoms with Crippen LogP contribution in [-0.2, 0) is 20.9 Å². The molecule has 1 N–H and O–H groups in total. The second-order valence-corrected chi connectivity index (χ2v) is 11.8. The second kappa shape index (κ2) is 11.1. The number of benzene rings is 3. The lowest BCUT2D eigenvalue weighted by Gasteiger charge is -2.30. The molecule has 6 rings (SSSR count). The van der Waals surface area contributed by atoms with Crippen LogP contribution in [0.1, 0.15) is 16.4 Å². The first-order valence-electron chi connectivity index (χ1n) is 12.9. The van der Waals surface area contributed by atoms with Crippen molar-refractivity contribution in [1.82, 2.24) is 4.57 Å². The third-order valence-corrected chi connectivity index (χ3v) is 9.89. The molecule has 42 heavy (non-hydrogen) atoms. The van der Waals surface area contributed by atoms with Gasteiger partial charge in [0, 0.05) is 16.5 Å². The number of nitrogens with zero attached hydrogens (tertiary/aromatic N) is 2. The van der Waals surface area contributed by atoms with E-state index in [2.05, 4.69) is 5.32 Å². The van der Waals surface area contributed by atoms with Gasteiger partial charge in [-0.25, -0.2) is 9.29 Å². The van der Waals surface area contributed by atoms with E-state index in [0.717, 1.165) is 28.0 Å². The molecule has 4 aromatic rings. The number of anilines is 2. The Balaban J connectivity index is 1.37. The number of methoxy groups -OCH3 is 2. The summed E-state index contributed by atoms with van der Waals surface area (Å²) in [5, 5.41) is 2.37. The molecule has 2 unspecified atom stereocenters. The number of nitrogens with one attached hydrogen (secondary N) is 1. The van der Waals surface area contributed by atoms with Crippen LogP contribution in [0.2, 0.25) is 0 Å². The molecule has 1 aromatic heterocycles. The minimum absolute atomic E-state index is 0.290. The summed E-state index contributed by atoms with van der Waals surface area (Å²) in [4.78, 5) is 55.3. The number of thiazole rings is 1. The molecule has 0 bridgehead atoms. The van der Waals surface area contributed by atoms with Gasteiger partial charge in [0.05, 0.1) is 30.9 Å². The highest BCUT2D eigenvalue weighted by Gasteiger charge is 2.56. The molecule has 1 fully saturated rings. The van der Waals surface area contributed by atoms with E-state index in [9.17, 15) is 23.6 Å². The summed E-state index contributed by atoms with van der Waals surface area (Å²) in [5.41, 5.74) is 1.53. The third-order valence-electron chi connectivity index (χ3n) is 7.28. The minimum Gasteiger partial charge on any atom is -0.497 e. The van der Waals surface area contributed by atoms with Gasteiger partial charge in [0.2, 0.25) is 17.7 Å². The molecule has 0 saturated carbocycles. The SMILES string of the molecule is COc1ccc(NC(=O)Cn2c3c(sc2=O)[C@H](c2ccc(F)cc2)C2C(=O)N(c4ccc(OC)cc4)C(=O)C2S3)cc1. The average molecular weight is 606 g/mol. The van der Waals surface area contributed by atoms with Crippen LogP contribution in [0, 0.1) is 11.7 Å². The first kappa shape index (κ1) is 27.7. The summed E-state index contributed by atoms with van der Waals surface area (Å²) >= 11 is 2.04. The molecule has 1 saturated heterocycles. The third kappa shape index (κ3) is 4.86. The summed E-state index contributed by atoms with van der Waals surface area (Å²) in [6.07, 6.45) is 0. The summed E-state index contributed by atoms with van der Waals surface area (Å²) in [6.45, 7) is -0.290. The van der Waals surface area contributed by atoms with Gasteiger partial charge in [-0.05, 0) is 66.2 Å². The van der Waals surface area contributed by atoms with Crippen LogP contribution >= 0.6 is 23.1 Å². The number of ether oxygens (including phenoxy) is 2. The molecule has 0 spiro atoms. The van der Waals surface area contributed by atoms with Crippen molar-refractivity contribution < 1.29 is 28.2 Å². The number of amides is 3. The molecular formula is C30H24FN3O6S2. The van der Waals surface area contributed by atoms with Crippen molar-refractivity contribution >= 4 is 52.2 Å². The van der Waals surface area contributed by atoms with Gasteiger partial charge >= 0.3 is 4.87 Å². The molecule has 0 aliphatic carbocycles. The number of imide groups is 1. The molecule has 12 heteroatoms. The first-order valence-corrected chi connectivity index (χ1v) is 14.6. The quantitative estimate of drug-likeness (QED) is 0.309. The fraction of sp³-hybridized carbons (Fsp3) is 0.200. The summed E-state index contributed by atoms with van der Waals surface area (Å²) in [5.74, 6) is -2.02. The van der Waals surface area contributed by atoms with E-state index in [0.29, 0.717) is 38.3 Å². The highest BCUT2D eigenvalue weighted by atomic mass is 32.2. The fourth-order valence-corrected chi connectivity index (χ4v) is 8.06. The zero-order chi connectivity index (χ0) is 29.5. The molecule has 3 aromatic carbocycles. The number of fused-ring (bicyclic) bond motifs is 2. The first-order chi connectivity index (χ1) is 20.3. The summed E-state index contributed by atoms with van der Waals surface area (Å²) in [6, 6.07) is 19.1. The monoisotopic (exact) mass is 605 g/mol. The van der Waals surface area contributed by atoms with Crippen LogP contribution < -0.4 is 24.6 Å². The highest BCUT2D eigenvalue weighted by molar-refractivity contribution is 8.00. The van der Waals surface area contributed by atoms with Crippen molar-refractivity contribution in [2.24, 2.45) is 5.92 Å². The minimum atomic E-state index is -0.855. The number of carbonyl (C=O) groups excluding carboxylic acids is 3. The molecular weight excluding hydrogens is 581 g/mol. The van der Waals surface area contributed by atoms with Gasteiger partial charge in [0.25, 0.3) is 0 Å². The van der Waals surface area contributed by atoms with Crippen molar-refractivity contribution in [3.05, 3.63) is 98.7 Å². The van der Waals surface area contributed by atoms with Gasteiger partial charge in [0.1, 0.15) is 29.1 Å². The molecule has 2 aliphatic heterocycles. The Bertz CT molecular complexity index is 1730. The smallest absolute Gasteiger partial charge is 0.308 e. The number of rotatable bonds is 7. The van der Waals surface area contributed by atoms with E-state index in [1.165, 1.54) is 23.8 Å². The van der Waals surface area contributed by atoms with E-state index >= 15 is 0 Å². The van der Waals surface area contributed by atoms with Crippen LogP contribution in [0.4, 0.5) is 15.8 Å². The lowest BCUT2D eigenvalue weighted by Crippen LogP contribution is -2.33. The zero-order valence-electron chi connectivity index (χ0n) is 22.4. The molecule has 2 aliphatic rings. The maximum atomic E-state index is 13.9. The van der Waals surface area contributed by atoms with Gasteiger partial charge in [0.15, 0.2) is 0 Å². The van der Waals surface area contributed by atoms with Crippen molar-refractivity contribution in [2.75, 3.05) is 24.4 Å². The maximum Gasteiger partial charge on any atom is 0.308 e. The molecule has 0 radical (unpaired) electrons. The predicted molar refractivity (Wildman–Crippen MR) is 157 cm³/mol. The van der Waals surface area contributed by atoms with Crippen LogP contribution in [0.3, 0.4) is 0 Å². The highest BCUT2D eigenvalue weighted by Crippen LogP contribution is 2.53. The number of thioether (sulfide) groups is 1. The molecule has 3 amide bonds. The second-order valence-electron chi connectivity index (χ2n) is 9.70. The number of hydrogen-bond donors (Lipinski definition) is 1. The summed E-state index contributed by atoms with van der Waals surface area (Å²) < 4.78 is 25.6. The Morgan fingerprint density at radius 2 is 1.50 bits per heavy atom. The van der Waals surface area contributed by atoms with Crippen molar-refractivity contribution in [3.63, 3.8) is 0 Å². The molecule has 3 atom stereocenters. The Kier molecular flexibility index (Phi) is 7.33. The number of aromatic nitrogens is 1. The lowest BCUT2D eigenvalue weighted by atomic mass is 9.83. The summed E-state index contributed by atoms with van der Waals surface area (Å²) in [7, 11) is 3.06. The number of halogens is 1. The standard InChI is InChI=1S/C30H24FN3O6S2/c1-39-20-11-7-18(8-12-20)32-22(35)15-33-29-26(42-30(33)38)23(16-3-5-17(31)6-4-16)24-25(41-29)28(37)34(27(24)36)19-9-13-21(40-2)14-10-19/h3-14,23-25H,15H2,1-2H3,(H,32,35)/t23-,24?,25?/m1/s1. The zero-order valence-corrected chi connectivity index (χ0v) is 24.0. The van der Waals surface area contributed by atoms with E-state index in [1.54, 1.807) is 67.8 Å². The largest absolute Gasteiger partial charge is 0.497 e. The average Bonchev–Trinajstić information content (AvgIpc) is 3.44. The molecule has 3 heterocycles. The Labute approximate surface area is 247 Å². The van der Waals surface area contributed by atoms with Crippen LogP contribution in [0.25, 0.3) is 0 Å². The van der Waals surface area contributed by atoms with Gasteiger partial charge in [-0.1, -0.05) is 35.2 Å². The van der Waals surface area contributed by atoms with Crippen LogP contribution in [0.15, 0.2) is 82.6 Å². The van der Waals surface area contributed by atoms with Crippen molar-refractivity contribution in [1.29, 1.82) is 0 Å². The lowest BCUT2D eigenvalue weighted by molar-refractivity contribution is -0.122. The van der Waals surface area contributed by atoms with Gasteiger partial charge in [-0.15, -0.1) is 0 Å². The number of hydrogen-bond acceptors (Lipinski definition) is 8. The van der Waals surface area contributed by atoms with Gasteiger partial charge < -0.3 is 14.8 Å². The van der Waals surface area contributed by atoms with E-state index in [-0.39, 0.29) is 6.54 Å². The fourth-order valence-electron chi connectivity index (χ4n) is 5.29. The van der Waals surface area contributed by atoms with Gasteiger partial charge in [-0.3, -0.25) is 23.7 Å². The Morgan fingerprint density at radius 3 is 2.12 bits per heavy atom. The van der Waals surface area contributed by atoms with Gasteiger partial charge in [-0.2, -0.15) is 0 Å². The Hall–Kier alpha value is -4.42. The predicted octanol–water partition coefficient (Wildman–Crippen LogP) is 4.50. The Morgan fingerprint density at radius 1 is 0.881 bits per heavy atom. The van der Waals surface area contributed by atoms with E-state index in [4.69, 9.17) is 9.47 Å². The number of carbonyl (C=O) groups is 3. The molecule has 214 valence electrons. The van der Waals surface area contributed by atoms with Crippen LogP contribution in [0.5, 0.6) is 11.5 Å². The van der Waals surface area contributed by atoms with Crippen molar-refractivity contribution in [2.45, 2.75) is 22.7 Å². The van der Waals surface area contributed by atoms with Crippen molar-refractivity contribution in [3.8, 4) is 11.5 Å². The van der Waals surface area contributed by atoms with E-state index < -0.39 is 45.5 Å². The normalized spacial score (nSPS) is 19.3.